The average molecular weight is 423 g/mol. The van der Waals surface area contributed by atoms with Crippen LogP contribution in [0.2, 0.25) is 0 Å². The Kier molecular flexibility index (Phi) is 5.89. The zero-order valence-corrected chi connectivity index (χ0v) is 18.4. The van der Waals surface area contributed by atoms with Gasteiger partial charge in [0.2, 0.25) is 5.91 Å². The van der Waals surface area contributed by atoms with Crippen LogP contribution in [0.4, 0.5) is 5.82 Å². The maximum absolute atomic E-state index is 12.9. The number of likely N-dealkylation sites (N-methyl/N-ethyl adjacent to an activating group) is 1. The molecular weight excluding hydrogens is 392 g/mol. The fourth-order valence-electron chi connectivity index (χ4n) is 4.37. The highest BCUT2D eigenvalue weighted by molar-refractivity contribution is 5.94. The Labute approximate surface area is 183 Å². The molecule has 0 aromatic carbocycles. The summed E-state index contributed by atoms with van der Waals surface area (Å²) in [5.41, 5.74) is 1.17. The number of rotatable bonds is 6. The first-order valence-electron chi connectivity index (χ1n) is 10.9. The monoisotopic (exact) mass is 422 g/mol. The number of carbonyl (C=O) groups is 2. The Morgan fingerprint density at radius 3 is 2.65 bits per heavy atom. The van der Waals surface area contributed by atoms with E-state index in [0.717, 1.165) is 31.4 Å². The molecule has 8 nitrogen and oxygen atoms in total. The van der Waals surface area contributed by atoms with E-state index in [-0.39, 0.29) is 29.3 Å². The van der Waals surface area contributed by atoms with E-state index >= 15 is 0 Å². The van der Waals surface area contributed by atoms with E-state index in [9.17, 15) is 9.59 Å². The molecular formula is C23H30N6O2. The van der Waals surface area contributed by atoms with Crippen LogP contribution in [-0.4, -0.2) is 62.7 Å². The van der Waals surface area contributed by atoms with Crippen molar-refractivity contribution in [2.45, 2.75) is 51.6 Å². The van der Waals surface area contributed by atoms with Crippen molar-refractivity contribution in [3.63, 3.8) is 0 Å². The molecule has 1 saturated carbocycles. The Bertz CT molecular complexity index is 929. The van der Waals surface area contributed by atoms with Gasteiger partial charge in [0.25, 0.3) is 5.91 Å². The minimum absolute atomic E-state index is 0.0424. The fourth-order valence-corrected chi connectivity index (χ4v) is 4.37. The second-order valence-electron chi connectivity index (χ2n) is 8.95. The molecule has 0 radical (unpaired) electrons. The molecule has 1 N–H and O–H groups in total. The lowest BCUT2D eigenvalue weighted by molar-refractivity contribution is -0.146. The number of aromatic nitrogens is 3. The molecule has 0 spiro atoms. The third-order valence-electron chi connectivity index (χ3n) is 6.69. The number of anilines is 1. The number of carbonyl (C=O) groups excluding carboxylic acids is 2. The summed E-state index contributed by atoms with van der Waals surface area (Å²) < 4.78 is 0. The maximum Gasteiger partial charge on any atom is 0.255 e. The molecule has 31 heavy (non-hydrogen) atoms. The van der Waals surface area contributed by atoms with Crippen LogP contribution in [0.25, 0.3) is 0 Å². The summed E-state index contributed by atoms with van der Waals surface area (Å²) in [4.78, 5) is 42.2. The van der Waals surface area contributed by atoms with Gasteiger partial charge in [-0.25, -0.2) is 4.98 Å². The highest BCUT2D eigenvalue weighted by Crippen LogP contribution is 2.42. The van der Waals surface area contributed by atoms with Gasteiger partial charge in [-0.1, -0.05) is 13.3 Å². The molecule has 1 saturated heterocycles. The summed E-state index contributed by atoms with van der Waals surface area (Å²) >= 11 is 0. The molecule has 0 unspecified atom stereocenters. The second kappa shape index (κ2) is 8.61. The second-order valence-corrected chi connectivity index (χ2v) is 8.95. The molecule has 8 heteroatoms. The van der Waals surface area contributed by atoms with Crippen LogP contribution in [0.3, 0.4) is 0 Å². The highest BCUT2D eigenvalue weighted by Gasteiger charge is 2.43. The zero-order valence-electron chi connectivity index (χ0n) is 18.4. The molecule has 1 aliphatic carbocycles. The summed E-state index contributed by atoms with van der Waals surface area (Å²) in [5.74, 6) is 0.847. The van der Waals surface area contributed by atoms with Crippen molar-refractivity contribution in [3.05, 3.63) is 48.2 Å². The Balaban J connectivity index is 1.34. The third-order valence-corrected chi connectivity index (χ3v) is 6.69. The minimum atomic E-state index is -0.207. The Hall–Kier alpha value is -3.03. The summed E-state index contributed by atoms with van der Waals surface area (Å²) in [6.45, 7) is 5.26. The topological polar surface area (TPSA) is 91.3 Å². The van der Waals surface area contributed by atoms with E-state index in [1.54, 1.807) is 36.9 Å². The van der Waals surface area contributed by atoms with E-state index in [1.165, 1.54) is 0 Å². The SMILES string of the molecule is C[C@@H](Nc1ccc(C(=O)N2CC[C@H](N(C)C(=O)C3(C)CCC3)C2)cn1)c1cnccn1. The Morgan fingerprint density at radius 1 is 1.23 bits per heavy atom. The third kappa shape index (κ3) is 4.38. The molecule has 2 aliphatic rings. The number of nitrogens with zero attached hydrogens (tertiary/aromatic N) is 5. The van der Waals surface area contributed by atoms with Crippen molar-refractivity contribution in [1.29, 1.82) is 0 Å². The standard InChI is InChI=1S/C23H30N6O2/c1-16(19-14-24-10-11-25-19)27-20-6-5-17(13-26-20)21(30)29-12-7-18(15-29)28(3)22(31)23(2)8-4-9-23/h5-6,10-11,13-14,16,18H,4,7-9,12,15H2,1-3H3,(H,26,27)/t16-,18+/m1/s1. The van der Waals surface area contributed by atoms with E-state index in [0.29, 0.717) is 24.5 Å². The van der Waals surface area contributed by atoms with Gasteiger partial charge in [-0.05, 0) is 38.3 Å². The lowest BCUT2D eigenvalue weighted by atomic mass is 9.69. The molecule has 2 aromatic heterocycles. The van der Waals surface area contributed by atoms with Crippen molar-refractivity contribution in [3.8, 4) is 0 Å². The maximum atomic E-state index is 12.9. The van der Waals surface area contributed by atoms with E-state index < -0.39 is 0 Å². The van der Waals surface area contributed by atoms with Crippen molar-refractivity contribution in [2.24, 2.45) is 5.41 Å². The number of hydrogen-bond donors (Lipinski definition) is 1. The lowest BCUT2D eigenvalue weighted by Crippen LogP contribution is -2.49. The van der Waals surface area contributed by atoms with Crippen molar-refractivity contribution < 1.29 is 9.59 Å². The van der Waals surface area contributed by atoms with Gasteiger partial charge in [-0.3, -0.25) is 19.6 Å². The van der Waals surface area contributed by atoms with Crippen LogP contribution >= 0.6 is 0 Å². The van der Waals surface area contributed by atoms with Gasteiger partial charge < -0.3 is 15.1 Å². The van der Waals surface area contributed by atoms with Crippen molar-refractivity contribution in [2.75, 3.05) is 25.5 Å². The molecule has 4 rings (SSSR count). The Morgan fingerprint density at radius 2 is 2.03 bits per heavy atom. The predicted molar refractivity (Wildman–Crippen MR) is 117 cm³/mol. The van der Waals surface area contributed by atoms with Gasteiger partial charge in [0.1, 0.15) is 5.82 Å². The first kappa shape index (κ1) is 21.2. The molecule has 2 aromatic rings. The number of nitrogens with one attached hydrogen (secondary N) is 1. The summed E-state index contributed by atoms with van der Waals surface area (Å²) in [5, 5.41) is 3.27. The minimum Gasteiger partial charge on any atom is -0.362 e. The molecule has 1 aliphatic heterocycles. The summed E-state index contributed by atoms with van der Waals surface area (Å²) in [6, 6.07) is 3.63. The van der Waals surface area contributed by atoms with Crippen molar-refractivity contribution in [1.82, 2.24) is 24.8 Å². The van der Waals surface area contributed by atoms with Gasteiger partial charge in [-0.2, -0.15) is 0 Å². The predicted octanol–water partition coefficient (Wildman–Crippen LogP) is 2.91. The smallest absolute Gasteiger partial charge is 0.255 e. The van der Waals surface area contributed by atoms with Crippen LogP contribution in [0.15, 0.2) is 36.9 Å². The normalized spacial score (nSPS) is 20.6. The number of likely N-dealkylation sites (tertiary alicyclic amines) is 1. The lowest BCUT2D eigenvalue weighted by Gasteiger charge is -2.41. The van der Waals surface area contributed by atoms with Gasteiger partial charge in [0, 0.05) is 44.1 Å². The largest absolute Gasteiger partial charge is 0.362 e. The highest BCUT2D eigenvalue weighted by atomic mass is 16.2. The van der Waals surface area contributed by atoms with Crippen molar-refractivity contribution >= 4 is 17.6 Å². The van der Waals surface area contributed by atoms with E-state index in [4.69, 9.17) is 0 Å². The van der Waals surface area contributed by atoms with Crippen LogP contribution < -0.4 is 5.32 Å². The first-order chi connectivity index (χ1) is 14.9. The summed E-state index contributed by atoms with van der Waals surface area (Å²) in [7, 11) is 1.88. The van der Waals surface area contributed by atoms with E-state index in [1.807, 2.05) is 23.8 Å². The quantitative estimate of drug-likeness (QED) is 0.770. The molecule has 3 heterocycles. The number of hydrogen-bond acceptors (Lipinski definition) is 6. The number of pyridine rings is 1. The first-order valence-corrected chi connectivity index (χ1v) is 10.9. The van der Waals surface area contributed by atoms with Crippen LogP contribution in [0.5, 0.6) is 0 Å². The van der Waals surface area contributed by atoms with Crippen LogP contribution in [0.1, 0.15) is 61.6 Å². The molecule has 164 valence electrons. The molecule has 2 atom stereocenters. The van der Waals surface area contributed by atoms with Crippen LogP contribution in [0, 0.1) is 5.41 Å². The zero-order chi connectivity index (χ0) is 22.0. The van der Waals surface area contributed by atoms with Gasteiger partial charge in [-0.15, -0.1) is 0 Å². The van der Waals surface area contributed by atoms with E-state index in [2.05, 4.69) is 27.2 Å². The molecule has 2 amide bonds. The molecule has 0 bridgehead atoms. The van der Waals surface area contributed by atoms with Gasteiger partial charge in [0.05, 0.1) is 29.5 Å². The fraction of sp³-hybridized carbons (Fsp3) is 0.522. The summed E-state index contributed by atoms with van der Waals surface area (Å²) in [6.07, 6.45) is 10.5. The number of amides is 2. The van der Waals surface area contributed by atoms with Gasteiger partial charge in [0.15, 0.2) is 0 Å². The van der Waals surface area contributed by atoms with Crippen LogP contribution in [-0.2, 0) is 4.79 Å². The average Bonchev–Trinajstić information content (AvgIpc) is 3.27. The molecule has 2 fully saturated rings. The van der Waals surface area contributed by atoms with Gasteiger partial charge >= 0.3 is 0 Å².